The molecule has 3 nitrogen and oxygen atoms in total. The van der Waals surface area contributed by atoms with Crippen LogP contribution < -0.4 is 0 Å². The predicted molar refractivity (Wildman–Crippen MR) is 69.5 cm³/mol. The number of rotatable bonds is 3. The molecule has 0 aliphatic carbocycles. The van der Waals surface area contributed by atoms with E-state index in [-0.39, 0.29) is 24.5 Å². The summed E-state index contributed by atoms with van der Waals surface area (Å²) in [6.45, 7) is 2.78. The standard InChI is InChI=1S/C13H16BrNO2/c1-9(11-2-4-12(14)5-3-11)15-7-10(8-16)6-13(15)17/h2-5,9-10,16H,6-8H2,1H3/t9-,10?/m0/s1. The maximum Gasteiger partial charge on any atom is 0.223 e. The van der Waals surface area contributed by atoms with Gasteiger partial charge in [0.1, 0.15) is 0 Å². The number of halogens is 1. The normalized spacial score (nSPS) is 21.9. The van der Waals surface area contributed by atoms with Gasteiger partial charge in [-0.15, -0.1) is 0 Å². The van der Waals surface area contributed by atoms with Crippen molar-refractivity contribution in [2.75, 3.05) is 13.2 Å². The summed E-state index contributed by atoms with van der Waals surface area (Å²) >= 11 is 3.40. The Morgan fingerprint density at radius 2 is 2.12 bits per heavy atom. The number of likely N-dealkylation sites (tertiary alicyclic amines) is 1. The first-order valence-corrected chi connectivity index (χ1v) is 6.57. The van der Waals surface area contributed by atoms with Gasteiger partial charge in [-0.25, -0.2) is 0 Å². The van der Waals surface area contributed by atoms with Crippen molar-refractivity contribution < 1.29 is 9.90 Å². The van der Waals surface area contributed by atoms with Crippen LogP contribution in [0.2, 0.25) is 0 Å². The molecule has 1 N–H and O–H groups in total. The SMILES string of the molecule is C[C@@H](c1ccc(Br)cc1)N1CC(CO)CC1=O. The lowest BCUT2D eigenvalue weighted by Gasteiger charge is -2.25. The number of nitrogens with zero attached hydrogens (tertiary/aromatic N) is 1. The summed E-state index contributed by atoms with van der Waals surface area (Å²) in [4.78, 5) is 13.7. The fraction of sp³-hybridized carbons (Fsp3) is 0.462. The van der Waals surface area contributed by atoms with Gasteiger partial charge in [0.15, 0.2) is 0 Å². The van der Waals surface area contributed by atoms with E-state index in [1.165, 1.54) is 0 Å². The third-order valence-electron chi connectivity index (χ3n) is 3.32. The van der Waals surface area contributed by atoms with Crippen molar-refractivity contribution in [3.8, 4) is 0 Å². The van der Waals surface area contributed by atoms with E-state index in [0.717, 1.165) is 10.0 Å². The van der Waals surface area contributed by atoms with Gasteiger partial charge in [-0.2, -0.15) is 0 Å². The molecule has 92 valence electrons. The first-order valence-electron chi connectivity index (χ1n) is 5.77. The van der Waals surface area contributed by atoms with Gasteiger partial charge < -0.3 is 10.0 Å². The topological polar surface area (TPSA) is 40.5 Å². The van der Waals surface area contributed by atoms with E-state index in [1.54, 1.807) is 0 Å². The van der Waals surface area contributed by atoms with Crippen molar-refractivity contribution in [2.24, 2.45) is 5.92 Å². The number of hydrogen-bond donors (Lipinski definition) is 1. The molecule has 2 rings (SSSR count). The number of hydrogen-bond acceptors (Lipinski definition) is 2. The summed E-state index contributed by atoms with van der Waals surface area (Å²) in [5.74, 6) is 0.236. The average Bonchev–Trinajstić information content (AvgIpc) is 2.71. The Hall–Kier alpha value is -0.870. The maximum atomic E-state index is 11.8. The van der Waals surface area contributed by atoms with Crippen LogP contribution >= 0.6 is 15.9 Å². The first-order chi connectivity index (χ1) is 8.11. The largest absolute Gasteiger partial charge is 0.396 e. The molecule has 1 unspecified atom stereocenters. The van der Waals surface area contributed by atoms with E-state index < -0.39 is 0 Å². The molecular weight excluding hydrogens is 282 g/mol. The molecule has 2 atom stereocenters. The summed E-state index contributed by atoms with van der Waals surface area (Å²) in [7, 11) is 0. The molecule has 1 saturated heterocycles. The molecule has 0 aromatic heterocycles. The maximum absolute atomic E-state index is 11.8. The molecule has 1 heterocycles. The number of aliphatic hydroxyl groups excluding tert-OH is 1. The van der Waals surface area contributed by atoms with E-state index in [1.807, 2.05) is 36.1 Å². The Morgan fingerprint density at radius 3 is 2.65 bits per heavy atom. The molecule has 1 amide bonds. The summed E-state index contributed by atoms with van der Waals surface area (Å²) < 4.78 is 1.04. The van der Waals surface area contributed by atoms with Crippen molar-refractivity contribution in [3.63, 3.8) is 0 Å². The second kappa shape index (κ2) is 5.19. The lowest BCUT2D eigenvalue weighted by atomic mass is 10.1. The zero-order valence-electron chi connectivity index (χ0n) is 9.77. The van der Waals surface area contributed by atoms with Gasteiger partial charge in [-0.1, -0.05) is 28.1 Å². The molecule has 17 heavy (non-hydrogen) atoms. The van der Waals surface area contributed by atoms with E-state index in [4.69, 9.17) is 5.11 Å². The third-order valence-corrected chi connectivity index (χ3v) is 3.85. The van der Waals surface area contributed by atoms with Gasteiger partial charge in [0, 0.05) is 30.0 Å². The average molecular weight is 298 g/mol. The molecule has 1 aromatic rings. The van der Waals surface area contributed by atoms with Gasteiger partial charge >= 0.3 is 0 Å². The van der Waals surface area contributed by atoms with Crippen LogP contribution in [0.1, 0.15) is 24.9 Å². The summed E-state index contributed by atoms with van der Waals surface area (Å²) in [6, 6.07) is 8.08. The monoisotopic (exact) mass is 297 g/mol. The summed E-state index contributed by atoms with van der Waals surface area (Å²) in [5, 5.41) is 9.11. The molecule has 1 aliphatic heterocycles. The highest BCUT2D eigenvalue weighted by Crippen LogP contribution is 2.28. The minimum atomic E-state index is 0.0761. The smallest absolute Gasteiger partial charge is 0.223 e. The van der Waals surface area contributed by atoms with Crippen LogP contribution in [0.3, 0.4) is 0 Å². The molecule has 1 fully saturated rings. The van der Waals surface area contributed by atoms with Crippen LogP contribution in [0.5, 0.6) is 0 Å². The highest BCUT2D eigenvalue weighted by Gasteiger charge is 2.32. The Morgan fingerprint density at radius 1 is 1.47 bits per heavy atom. The molecule has 1 aromatic carbocycles. The minimum Gasteiger partial charge on any atom is -0.396 e. The summed E-state index contributed by atoms with van der Waals surface area (Å²) in [6.07, 6.45) is 0.470. The molecule has 0 spiro atoms. The number of carbonyl (C=O) groups excluding carboxylic acids is 1. The van der Waals surface area contributed by atoms with E-state index in [2.05, 4.69) is 15.9 Å². The molecule has 0 saturated carbocycles. The first kappa shape index (κ1) is 12.6. The number of amides is 1. The molecule has 1 aliphatic rings. The quantitative estimate of drug-likeness (QED) is 0.930. The Labute approximate surface area is 110 Å². The van der Waals surface area contributed by atoms with Gasteiger partial charge in [0.2, 0.25) is 5.91 Å². The van der Waals surface area contributed by atoms with Gasteiger partial charge in [-0.05, 0) is 24.6 Å². The minimum absolute atomic E-state index is 0.0761. The zero-order valence-corrected chi connectivity index (χ0v) is 11.4. The van der Waals surface area contributed by atoms with Crippen LogP contribution in [-0.4, -0.2) is 29.1 Å². The molecule has 0 bridgehead atoms. The van der Waals surface area contributed by atoms with Gasteiger partial charge in [-0.3, -0.25) is 4.79 Å². The fourth-order valence-corrected chi connectivity index (χ4v) is 2.49. The van der Waals surface area contributed by atoms with Crippen molar-refractivity contribution in [1.82, 2.24) is 4.90 Å². The molecule has 4 heteroatoms. The lowest BCUT2D eigenvalue weighted by Crippen LogP contribution is -2.28. The highest BCUT2D eigenvalue weighted by atomic mass is 79.9. The number of carbonyl (C=O) groups is 1. The van der Waals surface area contributed by atoms with Gasteiger partial charge in [0.25, 0.3) is 0 Å². The Bertz CT molecular complexity index is 404. The van der Waals surface area contributed by atoms with Gasteiger partial charge in [0.05, 0.1) is 6.04 Å². The van der Waals surface area contributed by atoms with Crippen molar-refractivity contribution in [1.29, 1.82) is 0 Å². The van der Waals surface area contributed by atoms with Crippen LogP contribution in [0, 0.1) is 5.92 Å². The summed E-state index contributed by atoms with van der Waals surface area (Å²) in [5.41, 5.74) is 1.13. The predicted octanol–water partition coefficient (Wildman–Crippen LogP) is 2.35. The molecule has 0 radical (unpaired) electrons. The third kappa shape index (κ3) is 2.69. The van der Waals surface area contributed by atoms with Crippen molar-refractivity contribution in [3.05, 3.63) is 34.3 Å². The van der Waals surface area contributed by atoms with Crippen LogP contribution in [0.15, 0.2) is 28.7 Å². The van der Waals surface area contributed by atoms with Crippen LogP contribution in [0.4, 0.5) is 0 Å². The van der Waals surface area contributed by atoms with Crippen LogP contribution in [-0.2, 0) is 4.79 Å². The Kier molecular flexibility index (Phi) is 3.84. The number of benzene rings is 1. The zero-order chi connectivity index (χ0) is 12.4. The Balaban J connectivity index is 2.12. The van der Waals surface area contributed by atoms with Crippen LogP contribution in [0.25, 0.3) is 0 Å². The second-order valence-electron chi connectivity index (χ2n) is 4.53. The van der Waals surface area contributed by atoms with E-state index in [9.17, 15) is 4.79 Å². The molecular formula is C13H16BrNO2. The van der Waals surface area contributed by atoms with E-state index in [0.29, 0.717) is 13.0 Å². The van der Waals surface area contributed by atoms with Crippen molar-refractivity contribution in [2.45, 2.75) is 19.4 Å². The lowest BCUT2D eigenvalue weighted by molar-refractivity contribution is -0.129. The fourth-order valence-electron chi connectivity index (χ4n) is 2.23. The second-order valence-corrected chi connectivity index (χ2v) is 5.44. The van der Waals surface area contributed by atoms with E-state index >= 15 is 0 Å². The highest BCUT2D eigenvalue weighted by molar-refractivity contribution is 9.10. The van der Waals surface area contributed by atoms with Crippen molar-refractivity contribution >= 4 is 21.8 Å². The number of aliphatic hydroxyl groups is 1.